The van der Waals surface area contributed by atoms with Gasteiger partial charge in [-0.05, 0) is 28.2 Å². The third-order valence-electron chi connectivity index (χ3n) is 5.50. The van der Waals surface area contributed by atoms with Crippen LogP contribution in [0.15, 0.2) is 60.7 Å². The SMILES string of the molecule is CC(C)C(CC(=O)O)NC(=O)/C=C/CNC(=O)OCC1c2ccccc2-c2ccccc21. The van der Waals surface area contributed by atoms with Gasteiger partial charge in [-0.15, -0.1) is 0 Å². The van der Waals surface area contributed by atoms with Crippen molar-refractivity contribution in [1.29, 1.82) is 0 Å². The summed E-state index contributed by atoms with van der Waals surface area (Å²) < 4.78 is 5.44. The first kappa shape index (κ1) is 23.1. The quantitative estimate of drug-likeness (QED) is 0.520. The minimum atomic E-state index is -0.968. The smallest absolute Gasteiger partial charge is 0.407 e. The molecular formula is C25H28N2O5. The lowest BCUT2D eigenvalue weighted by atomic mass is 9.98. The number of alkyl carbamates (subject to hydrolysis) is 1. The van der Waals surface area contributed by atoms with Gasteiger partial charge in [0.1, 0.15) is 6.61 Å². The van der Waals surface area contributed by atoms with Gasteiger partial charge in [-0.25, -0.2) is 4.79 Å². The molecule has 0 spiro atoms. The molecule has 7 heteroatoms. The summed E-state index contributed by atoms with van der Waals surface area (Å²) in [5, 5.41) is 14.2. The highest BCUT2D eigenvalue weighted by Gasteiger charge is 2.28. The Morgan fingerprint density at radius 2 is 1.62 bits per heavy atom. The highest BCUT2D eigenvalue weighted by molar-refractivity contribution is 5.88. The van der Waals surface area contributed by atoms with Crippen LogP contribution in [0.5, 0.6) is 0 Å². The highest BCUT2D eigenvalue weighted by Crippen LogP contribution is 2.44. The van der Waals surface area contributed by atoms with E-state index < -0.39 is 24.0 Å². The van der Waals surface area contributed by atoms with Crippen LogP contribution >= 0.6 is 0 Å². The molecule has 1 atom stereocenters. The highest BCUT2D eigenvalue weighted by atomic mass is 16.5. The van der Waals surface area contributed by atoms with Gasteiger partial charge in [0.2, 0.25) is 5.91 Å². The molecule has 1 aliphatic rings. The molecule has 0 bridgehead atoms. The fourth-order valence-electron chi connectivity index (χ4n) is 3.83. The Kier molecular flexibility index (Phi) is 7.65. The molecule has 1 aliphatic carbocycles. The molecule has 2 aromatic rings. The summed E-state index contributed by atoms with van der Waals surface area (Å²) in [7, 11) is 0. The molecule has 0 saturated heterocycles. The van der Waals surface area contributed by atoms with Crippen molar-refractivity contribution in [3.63, 3.8) is 0 Å². The average Bonchev–Trinajstić information content (AvgIpc) is 3.08. The number of hydrogen-bond acceptors (Lipinski definition) is 4. The molecule has 0 saturated carbocycles. The molecule has 0 radical (unpaired) electrons. The predicted octanol–water partition coefficient (Wildman–Crippen LogP) is 3.70. The lowest BCUT2D eigenvalue weighted by Crippen LogP contribution is -2.39. The monoisotopic (exact) mass is 436 g/mol. The van der Waals surface area contributed by atoms with Crippen molar-refractivity contribution in [2.24, 2.45) is 5.92 Å². The number of benzene rings is 2. The molecule has 32 heavy (non-hydrogen) atoms. The Morgan fingerprint density at radius 1 is 1.03 bits per heavy atom. The summed E-state index contributed by atoms with van der Waals surface area (Å²) in [6, 6.07) is 15.8. The molecule has 7 nitrogen and oxygen atoms in total. The number of nitrogens with one attached hydrogen (secondary N) is 2. The Hall–Kier alpha value is -3.61. The number of carboxylic acid groups (broad SMARTS) is 1. The second-order valence-electron chi connectivity index (χ2n) is 8.07. The van der Waals surface area contributed by atoms with E-state index in [0.717, 1.165) is 22.3 Å². The molecule has 0 heterocycles. The van der Waals surface area contributed by atoms with Gasteiger partial charge in [-0.3, -0.25) is 9.59 Å². The van der Waals surface area contributed by atoms with Crippen molar-refractivity contribution in [3.8, 4) is 11.1 Å². The number of carboxylic acids is 1. The fraction of sp³-hybridized carbons (Fsp3) is 0.320. The van der Waals surface area contributed by atoms with Crippen LogP contribution in [0.4, 0.5) is 4.79 Å². The van der Waals surface area contributed by atoms with Gasteiger partial charge in [0, 0.05) is 24.6 Å². The van der Waals surface area contributed by atoms with Crippen LogP contribution in [0, 0.1) is 5.92 Å². The number of hydrogen-bond donors (Lipinski definition) is 3. The second kappa shape index (κ2) is 10.6. The van der Waals surface area contributed by atoms with E-state index in [2.05, 4.69) is 34.9 Å². The van der Waals surface area contributed by atoms with E-state index in [-0.39, 0.29) is 31.4 Å². The number of rotatable bonds is 9. The Labute approximate surface area is 187 Å². The van der Waals surface area contributed by atoms with Crippen molar-refractivity contribution >= 4 is 18.0 Å². The number of aliphatic carboxylic acids is 1. The Balaban J connectivity index is 1.47. The maximum Gasteiger partial charge on any atom is 0.407 e. The summed E-state index contributed by atoms with van der Waals surface area (Å²) in [5.41, 5.74) is 4.60. The van der Waals surface area contributed by atoms with Crippen LogP contribution < -0.4 is 10.6 Å². The molecule has 0 aromatic heterocycles. The van der Waals surface area contributed by atoms with Gasteiger partial charge in [0.05, 0.1) is 6.42 Å². The largest absolute Gasteiger partial charge is 0.481 e. The summed E-state index contributed by atoms with van der Waals surface area (Å²) in [6.45, 7) is 4.03. The van der Waals surface area contributed by atoms with Gasteiger partial charge < -0.3 is 20.5 Å². The molecule has 2 aromatic carbocycles. The summed E-state index contributed by atoms with van der Waals surface area (Å²) in [4.78, 5) is 35.0. The van der Waals surface area contributed by atoms with Gasteiger partial charge in [-0.2, -0.15) is 0 Å². The molecular weight excluding hydrogens is 408 g/mol. The summed E-state index contributed by atoms with van der Waals surface area (Å²) >= 11 is 0. The molecule has 1 unspecified atom stereocenters. The first-order valence-corrected chi connectivity index (χ1v) is 10.6. The minimum absolute atomic E-state index is 0.0117. The van der Waals surface area contributed by atoms with E-state index >= 15 is 0 Å². The number of ether oxygens (including phenoxy) is 1. The van der Waals surface area contributed by atoms with Crippen molar-refractivity contribution in [2.75, 3.05) is 13.2 Å². The van der Waals surface area contributed by atoms with Gasteiger partial charge in [0.25, 0.3) is 0 Å². The molecule has 3 N–H and O–H groups in total. The standard InChI is InChI=1S/C25H28N2O5/c1-16(2)22(14-24(29)30)27-23(28)12-7-13-26-25(31)32-15-21-19-10-5-3-8-17(19)18-9-4-6-11-20(18)21/h3-12,16,21-22H,13-15H2,1-2H3,(H,26,31)(H,27,28)(H,29,30)/b12-7+. The number of amides is 2. The third-order valence-corrected chi connectivity index (χ3v) is 5.50. The van der Waals surface area contributed by atoms with Crippen LogP contribution in [0.3, 0.4) is 0 Å². The van der Waals surface area contributed by atoms with Crippen molar-refractivity contribution < 1.29 is 24.2 Å². The molecule has 3 rings (SSSR count). The average molecular weight is 437 g/mol. The number of carbonyl (C=O) groups excluding carboxylic acids is 2. The lowest BCUT2D eigenvalue weighted by Gasteiger charge is -2.19. The van der Waals surface area contributed by atoms with E-state index in [1.807, 2.05) is 38.1 Å². The zero-order chi connectivity index (χ0) is 23.1. The van der Waals surface area contributed by atoms with Crippen molar-refractivity contribution in [1.82, 2.24) is 10.6 Å². The van der Waals surface area contributed by atoms with E-state index in [9.17, 15) is 14.4 Å². The molecule has 0 aliphatic heterocycles. The second-order valence-corrected chi connectivity index (χ2v) is 8.07. The minimum Gasteiger partial charge on any atom is -0.481 e. The van der Waals surface area contributed by atoms with Gasteiger partial charge >= 0.3 is 12.1 Å². The summed E-state index contributed by atoms with van der Waals surface area (Å²) in [6.07, 6.45) is 2.06. The maximum atomic E-state index is 12.1. The predicted molar refractivity (Wildman–Crippen MR) is 121 cm³/mol. The zero-order valence-corrected chi connectivity index (χ0v) is 18.2. The number of fused-ring (bicyclic) bond motifs is 3. The van der Waals surface area contributed by atoms with Crippen molar-refractivity contribution in [2.45, 2.75) is 32.2 Å². The van der Waals surface area contributed by atoms with E-state index in [1.54, 1.807) is 0 Å². The van der Waals surface area contributed by atoms with E-state index in [0.29, 0.717) is 0 Å². The van der Waals surface area contributed by atoms with Gasteiger partial charge in [-0.1, -0.05) is 68.5 Å². The first-order valence-electron chi connectivity index (χ1n) is 10.6. The van der Waals surface area contributed by atoms with Crippen molar-refractivity contribution in [3.05, 3.63) is 71.8 Å². The molecule has 168 valence electrons. The lowest BCUT2D eigenvalue weighted by molar-refractivity contribution is -0.138. The maximum absolute atomic E-state index is 12.1. The first-order chi connectivity index (χ1) is 15.4. The van der Waals surface area contributed by atoms with Crippen LogP contribution in [0.2, 0.25) is 0 Å². The zero-order valence-electron chi connectivity index (χ0n) is 18.2. The van der Waals surface area contributed by atoms with Gasteiger partial charge in [0.15, 0.2) is 0 Å². The molecule has 0 fully saturated rings. The topological polar surface area (TPSA) is 105 Å². The fourth-order valence-corrected chi connectivity index (χ4v) is 3.83. The molecule has 2 amide bonds. The Morgan fingerprint density at radius 3 is 2.19 bits per heavy atom. The van der Waals surface area contributed by atoms with E-state index in [4.69, 9.17) is 9.84 Å². The van der Waals surface area contributed by atoms with Crippen LogP contribution in [0.1, 0.15) is 37.3 Å². The summed E-state index contributed by atoms with van der Waals surface area (Å²) in [5.74, 6) is -1.40. The van der Waals surface area contributed by atoms with Crippen LogP contribution in [0.25, 0.3) is 11.1 Å². The van der Waals surface area contributed by atoms with E-state index in [1.165, 1.54) is 12.2 Å². The third kappa shape index (κ3) is 5.75. The normalized spacial score (nSPS) is 13.5. The number of carbonyl (C=O) groups is 3. The Bertz CT molecular complexity index is 969. The van der Waals surface area contributed by atoms with Crippen LogP contribution in [-0.4, -0.2) is 42.3 Å². The van der Waals surface area contributed by atoms with Crippen LogP contribution in [-0.2, 0) is 14.3 Å².